The van der Waals surface area contributed by atoms with Gasteiger partial charge in [-0.25, -0.2) is 13.2 Å². The van der Waals surface area contributed by atoms with Crippen LogP contribution < -0.4 is 10.6 Å². The Balaban J connectivity index is 1.80. The standard InChI is InChI=1S/C18H19ClN2O3S/c1-25(23,24)16-6-3-2-5-15(16)20-17(22)21-18(11-4-12-18)13-7-9-14(19)10-8-13/h2-3,5-10H,4,11-12H2,1H3,(H2,20,21,22). The SMILES string of the molecule is CS(=O)(=O)c1ccccc1NC(=O)NC1(c2ccc(Cl)cc2)CCC1. The van der Waals surface area contributed by atoms with Crippen LogP contribution in [0.25, 0.3) is 0 Å². The number of rotatable bonds is 4. The minimum atomic E-state index is -3.43. The van der Waals surface area contributed by atoms with Crippen LogP contribution in [0, 0.1) is 0 Å². The second-order valence-corrected chi connectivity index (χ2v) is 8.71. The minimum absolute atomic E-state index is 0.0966. The molecular weight excluding hydrogens is 360 g/mol. The summed E-state index contributed by atoms with van der Waals surface area (Å²) in [6.07, 6.45) is 3.79. The number of carbonyl (C=O) groups is 1. The lowest BCUT2D eigenvalue weighted by molar-refractivity contribution is 0.185. The molecule has 2 aromatic rings. The Labute approximate surface area is 152 Å². The van der Waals surface area contributed by atoms with E-state index in [1.54, 1.807) is 30.3 Å². The molecule has 0 aromatic heterocycles. The van der Waals surface area contributed by atoms with Gasteiger partial charge in [-0.3, -0.25) is 0 Å². The van der Waals surface area contributed by atoms with E-state index < -0.39 is 21.4 Å². The lowest BCUT2D eigenvalue weighted by Crippen LogP contribution is -2.52. The van der Waals surface area contributed by atoms with Gasteiger partial charge in [0, 0.05) is 11.3 Å². The summed E-state index contributed by atoms with van der Waals surface area (Å²) in [5, 5.41) is 6.31. The molecule has 5 nitrogen and oxygen atoms in total. The van der Waals surface area contributed by atoms with Crippen molar-refractivity contribution in [3.63, 3.8) is 0 Å². The van der Waals surface area contributed by atoms with E-state index in [-0.39, 0.29) is 10.6 Å². The number of para-hydroxylation sites is 1. The predicted molar refractivity (Wildman–Crippen MR) is 98.7 cm³/mol. The van der Waals surface area contributed by atoms with E-state index in [0.29, 0.717) is 5.02 Å². The molecule has 2 N–H and O–H groups in total. The molecular formula is C18H19ClN2O3S. The highest BCUT2D eigenvalue weighted by Gasteiger charge is 2.40. The zero-order valence-corrected chi connectivity index (χ0v) is 15.3. The summed E-state index contributed by atoms with van der Waals surface area (Å²) in [5.41, 5.74) is 0.831. The molecule has 1 saturated carbocycles. The molecule has 1 aliphatic carbocycles. The quantitative estimate of drug-likeness (QED) is 0.845. The van der Waals surface area contributed by atoms with Gasteiger partial charge in [-0.2, -0.15) is 0 Å². The van der Waals surface area contributed by atoms with E-state index in [4.69, 9.17) is 11.6 Å². The van der Waals surface area contributed by atoms with E-state index in [0.717, 1.165) is 31.1 Å². The minimum Gasteiger partial charge on any atom is -0.328 e. The zero-order chi connectivity index (χ0) is 18.1. The third kappa shape index (κ3) is 3.80. The Morgan fingerprint density at radius 3 is 2.28 bits per heavy atom. The number of nitrogens with one attached hydrogen (secondary N) is 2. The number of urea groups is 1. The topological polar surface area (TPSA) is 75.3 Å². The first-order valence-electron chi connectivity index (χ1n) is 7.94. The van der Waals surface area contributed by atoms with Crippen LogP contribution in [-0.2, 0) is 15.4 Å². The van der Waals surface area contributed by atoms with Crippen molar-refractivity contribution in [2.75, 3.05) is 11.6 Å². The van der Waals surface area contributed by atoms with Crippen molar-refractivity contribution in [2.24, 2.45) is 0 Å². The van der Waals surface area contributed by atoms with Crippen LogP contribution in [0.5, 0.6) is 0 Å². The Morgan fingerprint density at radius 2 is 1.72 bits per heavy atom. The summed E-state index contributed by atoms with van der Waals surface area (Å²) in [6, 6.07) is 13.4. The lowest BCUT2D eigenvalue weighted by atomic mass is 9.72. The molecule has 0 aliphatic heterocycles. The monoisotopic (exact) mass is 378 g/mol. The van der Waals surface area contributed by atoms with E-state index in [1.807, 2.05) is 12.1 Å². The van der Waals surface area contributed by atoms with E-state index >= 15 is 0 Å². The molecule has 0 radical (unpaired) electrons. The largest absolute Gasteiger partial charge is 0.328 e. The fraction of sp³-hybridized carbons (Fsp3) is 0.278. The van der Waals surface area contributed by atoms with Crippen molar-refractivity contribution in [2.45, 2.75) is 29.7 Å². The van der Waals surface area contributed by atoms with Gasteiger partial charge in [0.2, 0.25) is 0 Å². The maximum atomic E-state index is 12.5. The average Bonchev–Trinajstić information content (AvgIpc) is 2.51. The molecule has 2 amide bonds. The molecule has 0 atom stereocenters. The Hall–Kier alpha value is -2.05. The van der Waals surface area contributed by atoms with E-state index in [2.05, 4.69) is 10.6 Å². The highest BCUT2D eigenvalue weighted by atomic mass is 35.5. The number of benzene rings is 2. The Bertz CT molecular complexity index is 891. The summed E-state index contributed by atoms with van der Waals surface area (Å²) in [5.74, 6) is 0. The van der Waals surface area contributed by atoms with Crippen LogP contribution in [0.1, 0.15) is 24.8 Å². The van der Waals surface area contributed by atoms with Gasteiger partial charge < -0.3 is 10.6 Å². The van der Waals surface area contributed by atoms with Crippen molar-refractivity contribution in [1.82, 2.24) is 5.32 Å². The number of hydrogen-bond acceptors (Lipinski definition) is 3. The maximum absolute atomic E-state index is 12.5. The van der Waals surface area contributed by atoms with Crippen LogP contribution in [0.3, 0.4) is 0 Å². The number of sulfone groups is 1. The van der Waals surface area contributed by atoms with Crippen LogP contribution in [0.2, 0.25) is 5.02 Å². The molecule has 0 heterocycles. The van der Waals surface area contributed by atoms with Crippen molar-refractivity contribution < 1.29 is 13.2 Å². The molecule has 25 heavy (non-hydrogen) atoms. The molecule has 3 rings (SSSR count). The number of anilines is 1. The van der Waals surface area contributed by atoms with Crippen LogP contribution in [0.15, 0.2) is 53.4 Å². The summed E-state index contributed by atoms with van der Waals surface area (Å²) < 4.78 is 23.7. The molecule has 132 valence electrons. The van der Waals surface area contributed by atoms with Crippen molar-refractivity contribution >= 4 is 33.2 Å². The van der Waals surface area contributed by atoms with Crippen molar-refractivity contribution in [1.29, 1.82) is 0 Å². The molecule has 1 aliphatic rings. The van der Waals surface area contributed by atoms with E-state index in [1.165, 1.54) is 6.07 Å². The number of amides is 2. The molecule has 0 bridgehead atoms. The number of hydrogen-bond donors (Lipinski definition) is 2. The fourth-order valence-corrected chi connectivity index (χ4v) is 4.02. The average molecular weight is 379 g/mol. The molecule has 0 unspecified atom stereocenters. The predicted octanol–water partition coefficient (Wildman–Crippen LogP) is 3.94. The first-order chi connectivity index (χ1) is 11.8. The van der Waals surface area contributed by atoms with Gasteiger partial charge >= 0.3 is 6.03 Å². The first kappa shape index (κ1) is 17.8. The first-order valence-corrected chi connectivity index (χ1v) is 10.2. The summed E-state index contributed by atoms with van der Waals surface area (Å²) in [7, 11) is -3.43. The van der Waals surface area contributed by atoms with Crippen LogP contribution >= 0.6 is 11.6 Å². The normalized spacial score (nSPS) is 15.9. The summed E-state index contributed by atoms with van der Waals surface area (Å²) >= 11 is 5.94. The van der Waals surface area contributed by atoms with Crippen molar-refractivity contribution in [3.8, 4) is 0 Å². The smallest absolute Gasteiger partial charge is 0.319 e. The maximum Gasteiger partial charge on any atom is 0.319 e. The molecule has 7 heteroatoms. The van der Waals surface area contributed by atoms with Crippen molar-refractivity contribution in [3.05, 3.63) is 59.1 Å². The second kappa shape index (κ2) is 6.69. The van der Waals surface area contributed by atoms with Gasteiger partial charge in [0.15, 0.2) is 9.84 Å². The fourth-order valence-electron chi connectivity index (χ4n) is 3.05. The third-order valence-corrected chi connectivity index (χ3v) is 5.90. The van der Waals surface area contributed by atoms with Gasteiger partial charge in [-0.05, 0) is 49.1 Å². The molecule has 1 fully saturated rings. The zero-order valence-electron chi connectivity index (χ0n) is 13.8. The summed E-state index contributed by atoms with van der Waals surface area (Å²) in [4.78, 5) is 12.6. The second-order valence-electron chi connectivity index (χ2n) is 6.29. The van der Waals surface area contributed by atoms with E-state index in [9.17, 15) is 13.2 Å². The van der Waals surface area contributed by atoms with Gasteiger partial charge in [0.05, 0.1) is 16.1 Å². The van der Waals surface area contributed by atoms with Crippen LogP contribution in [-0.4, -0.2) is 20.7 Å². The number of carbonyl (C=O) groups excluding carboxylic acids is 1. The highest BCUT2D eigenvalue weighted by molar-refractivity contribution is 7.90. The molecule has 2 aromatic carbocycles. The summed E-state index contributed by atoms with van der Waals surface area (Å²) in [6.45, 7) is 0. The van der Waals surface area contributed by atoms with Gasteiger partial charge in [0.1, 0.15) is 0 Å². The lowest BCUT2D eigenvalue weighted by Gasteiger charge is -2.43. The van der Waals surface area contributed by atoms with Gasteiger partial charge in [-0.15, -0.1) is 0 Å². The third-order valence-electron chi connectivity index (χ3n) is 4.49. The highest BCUT2D eigenvalue weighted by Crippen LogP contribution is 2.41. The van der Waals surface area contributed by atoms with Crippen LogP contribution in [0.4, 0.5) is 10.5 Å². The molecule has 0 spiro atoms. The Morgan fingerprint density at radius 1 is 1.08 bits per heavy atom. The molecule has 0 saturated heterocycles. The van der Waals surface area contributed by atoms with Gasteiger partial charge in [0.25, 0.3) is 0 Å². The van der Waals surface area contributed by atoms with Gasteiger partial charge in [-0.1, -0.05) is 35.9 Å². The number of halogens is 1. The Kier molecular flexibility index (Phi) is 4.75.